The van der Waals surface area contributed by atoms with Gasteiger partial charge in [0.25, 0.3) is 0 Å². The number of hydrogen-bond acceptors (Lipinski definition) is 4. The molecule has 71 heavy (non-hydrogen) atoms. The Morgan fingerprint density at radius 2 is 0.606 bits per heavy atom. The van der Waals surface area contributed by atoms with Gasteiger partial charge in [0.05, 0.1) is 18.8 Å². The number of allylic oxidation sites excluding steroid dienone is 5. The molecule has 0 bridgehead atoms. The van der Waals surface area contributed by atoms with Gasteiger partial charge in [-0.05, 0) is 51.4 Å². The topological polar surface area (TPSA) is 89.8 Å². The maximum absolute atomic E-state index is 12.6. The number of aliphatic hydroxyl groups is 3. The van der Waals surface area contributed by atoms with Gasteiger partial charge < -0.3 is 20.6 Å². The molecule has 0 aromatic heterocycles. The van der Waals surface area contributed by atoms with Crippen molar-refractivity contribution >= 4 is 5.91 Å². The molecule has 3 atom stereocenters. The molecule has 0 saturated carbocycles. The third kappa shape index (κ3) is 56.1. The van der Waals surface area contributed by atoms with Crippen LogP contribution < -0.4 is 5.32 Å². The molecular formula is C66H127NO4. The molecule has 0 radical (unpaired) electrons. The van der Waals surface area contributed by atoms with E-state index in [4.69, 9.17) is 0 Å². The van der Waals surface area contributed by atoms with E-state index in [0.717, 1.165) is 38.5 Å². The first-order valence-electron chi connectivity index (χ1n) is 32.3. The van der Waals surface area contributed by atoms with E-state index in [2.05, 4.69) is 43.5 Å². The Hall–Kier alpha value is -1.43. The Morgan fingerprint density at radius 1 is 0.352 bits per heavy atom. The summed E-state index contributed by atoms with van der Waals surface area (Å²) < 4.78 is 0. The molecule has 4 N–H and O–H groups in total. The zero-order chi connectivity index (χ0) is 51.4. The highest BCUT2D eigenvalue weighted by Crippen LogP contribution is 2.18. The molecule has 0 aromatic carbocycles. The predicted octanol–water partition coefficient (Wildman–Crippen LogP) is 20.6. The van der Waals surface area contributed by atoms with Crippen LogP contribution in [0.2, 0.25) is 0 Å². The Bertz CT molecular complexity index is 1100. The van der Waals surface area contributed by atoms with Crippen molar-refractivity contribution in [3.8, 4) is 0 Å². The number of amides is 1. The molecule has 0 spiro atoms. The van der Waals surface area contributed by atoms with E-state index in [0.29, 0.717) is 6.42 Å². The molecule has 0 aliphatic carbocycles. The summed E-state index contributed by atoms with van der Waals surface area (Å²) in [6.07, 6.45) is 81.2. The number of unbranched alkanes of at least 4 members (excludes halogenated alkanes) is 48. The number of carbonyl (C=O) groups excluding carboxylic acids is 1. The van der Waals surface area contributed by atoms with Crippen LogP contribution in [0.3, 0.4) is 0 Å². The Morgan fingerprint density at radius 3 is 0.887 bits per heavy atom. The van der Waals surface area contributed by atoms with Crippen LogP contribution in [0.1, 0.15) is 354 Å². The third-order valence-electron chi connectivity index (χ3n) is 15.2. The van der Waals surface area contributed by atoms with Gasteiger partial charge in [-0.15, -0.1) is 0 Å². The van der Waals surface area contributed by atoms with Crippen LogP contribution in [-0.4, -0.2) is 46.1 Å². The molecular weight excluding hydrogens is 871 g/mol. The lowest BCUT2D eigenvalue weighted by Gasteiger charge is -2.21. The highest BCUT2D eigenvalue weighted by Gasteiger charge is 2.22. The average molecular weight is 999 g/mol. The molecule has 5 nitrogen and oxygen atoms in total. The van der Waals surface area contributed by atoms with E-state index in [1.165, 1.54) is 295 Å². The summed E-state index contributed by atoms with van der Waals surface area (Å²) in [4.78, 5) is 12.6. The second-order valence-electron chi connectivity index (χ2n) is 22.3. The number of nitrogens with one attached hydrogen (secondary N) is 1. The lowest BCUT2D eigenvalue weighted by atomic mass is 10.0. The fourth-order valence-corrected chi connectivity index (χ4v) is 10.2. The van der Waals surface area contributed by atoms with E-state index in [1.54, 1.807) is 6.08 Å². The summed E-state index contributed by atoms with van der Waals surface area (Å²) in [5.74, 6) is -0.498. The highest BCUT2D eigenvalue weighted by molar-refractivity contribution is 5.80. The van der Waals surface area contributed by atoms with Crippen LogP contribution in [0.5, 0.6) is 0 Å². The Kier molecular flexibility index (Phi) is 59.9. The van der Waals surface area contributed by atoms with Crippen LogP contribution in [0.15, 0.2) is 36.5 Å². The number of aliphatic hydroxyl groups excluding tert-OH is 3. The molecule has 0 saturated heterocycles. The number of hydrogen-bond donors (Lipinski definition) is 4. The molecule has 3 unspecified atom stereocenters. The Balaban J connectivity index is 3.51. The molecule has 1 amide bonds. The van der Waals surface area contributed by atoms with Gasteiger partial charge in [0.1, 0.15) is 6.10 Å². The summed E-state index contributed by atoms with van der Waals surface area (Å²) in [7, 11) is 0. The van der Waals surface area contributed by atoms with Crippen molar-refractivity contribution in [3.63, 3.8) is 0 Å². The lowest BCUT2D eigenvalue weighted by molar-refractivity contribution is -0.131. The smallest absolute Gasteiger partial charge is 0.249 e. The fourth-order valence-electron chi connectivity index (χ4n) is 10.2. The quantitative estimate of drug-likeness (QED) is 0.0361. The summed E-state index contributed by atoms with van der Waals surface area (Å²) >= 11 is 0. The van der Waals surface area contributed by atoms with Crippen LogP contribution in [0.25, 0.3) is 0 Å². The third-order valence-corrected chi connectivity index (χ3v) is 15.2. The van der Waals surface area contributed by atoms with E-state index in [9.17, 15) is 20.1 Å². The fraction of sp³-hybridized carbons (Fsp3) is 0.894. The normalized spacial score (nSPS) is 13.4. The lowest BCUT2D eigenvalue weighted by Crippen LogP contribution is -2.48. The summed E-state index contributed by atoms with van der Waals surface area (Å²) in [6, 6.07) is -0.798. The molecule has 420 valence electrons. The Labute approximate surface area is 444 Å². The van der Waals surface area contributed by atoms with Crippen molar-refractivity contribution in [1.29, 1.82) is 0 Å². The molecule has 0 aliphatic heterocycles. The zero-order valence-electron chi connectivity index (χ0n) is 48.1. The predicted molar refractivity (Wildman–Crippen MR) is 314 cm³/mol. The second kappa shape index (κ2) is 61.1. The second-order valence-corrected chi connectivity index (χ2v) is 22.3. The van der Waals surface area contributed by atoms with Crippen LogP contribution >= 0.6 is 0 Å². The van der Waals surface area contributed by atoms with Gasteiger partial charge in [-0.2, -0.15) is 0 Å². The van der Waals surface area contributed by atoms with Crippen LogP contribution in [0.4, 0.5) is 0 Å². The monoisotopic (exact) mass is 998 g/mol. The first kappa shape index (κ1) is 69.6. The zero-order valence-corrected chi connectivity index (χ0v) is 48.1. The SMILES string of the molecule is CCCCCCCCCCCCCCC/C=C\C/C=C\CCCCCCCCCCCCCCCCCCC(O)C(=O)NC(CO)C(O)/C=C/CCCCCCCCCCCCCCCCCCCCC. The van der Waals surface area contributed by atoms with Crippen molar-refractivity contribution in [1.82, 2.24) is 5.32 Å². The maximum Gasteiger partial charge on any atom is 0.249 e. The van der Waals surface area contributed by atoms with Crippen LogP contribution in [-0.2, 0) is 4.79 Å². The number of carbonyl (C=O) groups is 1. The van der Waals surface area contributed by atoms with Gasteiger partial charge in [-0.1, -0.05) is 339 Å². The van der Waals surface area contributed by atoms with E-state index < -0.39 is 24.2 Å². The van der Waals surface area contributed by atoms with E-state index in [1.807, 2.05) is 6.08 Å². The molecule has 0 fully saturated rings. The summed E-state index contributed by atoms with van der Waals surface area (Å²) in [5.41, 5.74) is 0. The van der Waals surface area contributed by atoms with Crippen molar-refractivity contribution in [2.75, 3.05) is 6.61 Å². The van der Waals surface area contributed by atoms with E-state index in [-0.39, 0.29) is 6.61 Å². The maximum atomic E-state index is 12.6. The minimum atomic E-state index is -1.10. The van der Waals surface area contributed by atoms with Crippen molar-refractivity contribution in [2.24, 2.45) is 0 Å². The minimum absolute atomic E-state index is 0.361. The molecule has 0 aromatic rings. The standard InChI is InChI=1S/C66H127NO4/c1-3-5-7-9-11-13-15-17-19-21-23-25-26-27-28-29-30-31-32-33-34-35-36-37-38-39-41-43-45-47-49-51-53-55-57-59-61-65(70)66(71)67-63(62-68)64(69)60-58-56-54-52-50-48-46-44-42-40-24-22-20-18-16-14-12-10-8-6-4-2/h28-29,31-32,58,60,63-65,68-70H,3-27,30,33-57,59,61-62H2,1-2H3,(H,67,71)/b29-28-,32-31-,60-58+. The molecule has 0 heterocycles. The number of rotatable bonds is 60. The van der Waals surface area contributed by atoms with E-state index >= 15 is 0 Å². The largest absolute Gasteiger partial charge is 0.394 e. The summed E-state index contributed by atoms with van der Waals surface area (Å²) in [6.45, 7) is 4.23. The van der Waals surface area contributed by atoms with Crippen LogP contribution in [0, 0.1) is 0 Å². The minimum Gasteiger partial charge on any atom is -0.394 e. The van der Waals surface area contributed by atoms with Gasteiger partial charge in [0, 0.05) is 0 Å². The average Bonchev–Trinajstić information content (AvgIpc) is 3.38. The highest BCUT2D eigenvalue weighted by atomic mass is 16.3. The molecule has 0 rings (SSSR count). The van der Waals surface area contributed by atoms with Crippen molar-refractivity contribution in [3.05, 3.63) is 36.5 Å². The van der Waals surface area contributed by atoms with Crippen molar-refractivity contribution < 1.29 is 20.1 Å². The first-order chi connectivity index (χ1) is 35.1. The first-order valence-corrected chi connectivity index (χ1v) is 32.3. The molecule has 5 heteroatoms. The summed E-state index contributed by atoms with van der Waals surface area (Å²) in [5, 5.41) is 33.5. The van der Waals surface area contributed by atoms with Gasteiger partial charge in [0.15, 0.2) is 0 Å². The molecule has 0 aliphatic rings. The van der Waals surface area contributed by atoms with Gasteiger partial charge in [0.2, 0.25) is 5.91 Å². The van der Waals surface area contributed by atoms with Crippen molar-refractivity contribution in [2.45, 2.75) is 372 Å². The van der Waals surface area contributed by atoms with Gasteiger partial charge in [-0.3, -0.25) is 4.79 Å². The van der Waals surface area contributed by atoms with Gasteiger partial charge >= 0.3 is 0 Å². The van der Waals surface area contributed by atoms with Gasteiger partial charge in [-0.25, -0.2) is 0 Å².